The molecule has 0 aliphatic heterocycles. The first-order valence-electron chi connectivity index (χ1n) is 6.05. The standard InChI is InChI=1S/C15H21NO2/c1-5-6-7-8-15(16-2)12-9-13(17-3)11-14(10-12)18-4/h9-11,15-16H,7-8H2,1-4H3. The van der Waals surface area contributed by atoms with Crippen molar-refractivity contribution in [2.45, 2.75) is 25.8 Å². The van der Waals surface area contributed by atoms with Crippen LogP contribution in [0.25, 0.3) is 0 Å². The lowest BCUT2D eigenvalue weighted by atomic mass is 10.0. The predicted octanol–water partition coefficient (Wildman–Crippen LogP) is 2.77. The summed E-state index contributed by atoms with van der Waals surface area (Å²) in [6.07, 6.45) is 1.84. The Balaban J connectivity index is 2.91. The third kappa shape index (κ3) is 3.97. The van der Waals surface area contributed by atoms with E-state index in [1.165, 1.54) is 0 Å². The Labute approximate surface area is 109 Å². The van der Waals surface area contributed by atoms with Gasteiger partial charge in [0, 0.05) is 18.5 Å². The Morgan fingerprint density at radius 1 is 1.17 bits per heavy atom. The highest BCUT2D eigenvalue weighted by atomic mass is 16.5. The number of hydrogen-bond acceptors (Lipinski definition) is 3. The van der Waals surface area contributed by atoms with E-state index in [4.69, 9.17) is 9.47 Å². The maximum Gasteiger partial charge on any atom is 0.122 e. The topological polar surface area (TPSA) is 30.5 Å². The van der Waals surface area contributed by atoms with Gasteiger partial charge < -0.3 is 14.8 Å². The fraction of sp³-hybridized carbons (Fsp3) is 0.467. The summed E-state index contributed by atoms with van der Waals surface area (Å²) in [5, 5.41) is 3.30. The lowest BCUT2D eigenvalue weighted by Crippen LogP contribution is -2.16. The Morgan fingerprint density at radius 3 is 2.22 bits per heavy atom. The average Bonchev–Trinajstić information content (AvgIpc) is 2.43. The minimum absolute atomic E-state index is 0.259. The maximum absolute atomic E-state index is 5.28. The first kappa shape index (κ1) is 14.4. The van der Waals surface area contributed by atoms with Gasteiger partial charge in [0.25, 0.3) is 0 Å². The molecule has 0 fully saturated rings. The summed E-state index contributed by atoms with van der Waals surface area (Å²) < 4.78 is 10.6. The van der Waals surface area contributed by atoms with E-state index in [-0.39, 0.29) is 6.04 Å². The van der Waals surface area contributed by atoms with Crippen molar-refractivity contribution in [3.8, 4) is 23.3 Å². The second-order valence-electron chi connectivity index (χ2n) is 3.95. The number of hydrogen-bond donors (Lipinski definition) is 1. The van der Waals surface area contributed by atoms with Crippen molar-refractivity contribution in [1.29, 1.82) is 0 Å². The zero-order chi connectivity index (χ0) is 13.4. The van der Waals surface area contributed by atoms with Gasteiger partial charge in [-0.3, -0.25) is 0 Å². The van der Waals surface area contributed by atoms with Crippen LogP contribution in [0.5, 0.6) is 11.5 Å². The van der Waals surface area contributed by atoms with E-state index < -0.39 is 0 Å². The van der Waals surface area contributed by atoms with E-state index in [1.807, 2.05) is 32.2 Å². The smallest absolute Gasteiger partial charge is 0.122 e. The van der Waals surface area contributed by atoms with Crippen molar-refractivity contribution >= 4 is 0 Å². The summed E-state index contributed by atoms with van der Waals surface area (Å²) in [4.78, 5) is 0. The van der Waals surface area contributed by atoms with Crippen LogP contribution >= 0.6 is 0 Å². The van der Waals surface area contributed by atoms with Gasteiger partial charge in [-0.1, -0.05) is 0 Å². The molecule has 1 rings (SSSR count). The number of nitrogens with one attached hydrogen (secondary N) is 1. The molecule has 0 saturated heterocycles. The minimum atomic E-state index is 0.259. The van der Waals surface area contributed by atoms with Gasteiger partial charge in [-0.25, -0.2) is 0 Å². The van der Waals surface area contributed by atoms with Crippen LogP contribution in [0.2, 0.25) is 0 Å². The number of rotatable bonds is 6. The molecule has 0 saturated carbocycles. The van der Waals surface area contributed by atoms with Gasteiger partial charge in [-0.2, -0.15) is 0 Å². The Bertz CT molecular complexity index is 410. The fourth-order valence-electron chi connectivity index (χ4n) is 1.85. The fourth-order valence-corrected chi connectivity index (χ4v) is 1.85. The highest BCUT2D eigenvalue weighted by molar-refractivity contribution is 5.39. The van der Waals surface area contributed by atoms with Crippen LogP contribution in [0.15, 0.2) is 18.2 Å². The van der Waals surface area contributed by atoms with Crippen LogP contribution in [0.3, 0.4) is 0 Å². The van der Waals surface area contributed by atoms with Crippen molar-refractivity contribution in [2.75, 3.05) is 21.3 Å². The molecule has 0 heterocycles. The SMILES string of the molecule is CC#CCCC(NC)c1cc(OC)cc(OC)c1. The van der Waals surface area contributed by atoms with E-state index in [0.717, 1.165) is 29.9 Å². The van der Waals surface area contributed by atoms with E-state index in [2.05, 4.69) is 17.2 Å². The highest BCUT2D eigenvalue weighted by Gasteiger charge is 2.11. The van der Waals surface area contributed by atoms with Gasteiger partial charge in [0.05, 0.1) is 14.2 Å². The number of ether oxygens (including phenoxy) is 2. The predicted molar refractivity (Wildman–Crippen MR) is 74.0 cm³/mol. The molecule has 1 aromatic carbocycles. The molecule has 0 radical (unpaired) electrons. The third-order valence-corrected chi connectivity index (χ3v) is 2.86. The molecular weight excluding hydrogens is 226 g/mol. The van der Waals surface area contributed by atoms with Crippen LogP contribution < -0.4 is 14.8 Å². The van der Waals surface area contributed by atoms with Gasteiger partial charge in [-0.05, 0) is 38.1 Å². The Kier molecular flexibility index (Phi) is 6.10. The summed E-state index contributed by atoms with van der Waals surface area (Å²) in [7, 11) is 5.28. The molecule has 0 amide bonds. The zero-order valence-electron chi connectivity index (χ0n) is 11.5. The molecule has 0 aliphatic rings. The van der Waals surface area contributed by atoms with Crippen molar-refractivity contribution in [3.63, 3.8) is 0 Å². The number of benzene rings is 1. The quantitative estimate of drug-likeness (QED) is 0.784. The van der Waals surface area contributed by atoms with Crippen LogP contribution in [-0.4, -0.2) is 21.3 Å². The summed E-state index contributed by atoms with van der Waals surface area (Å²) >= 11 is 0. The van der Waals surface area contributed by atoms with Crippen LogP contribution in [0, 0.1) is 11.8 Å². The second-order valence-corrected chi connectivity index (χ2v) is 3.95. The van der Waals surface area contributed by atoms with E-state index in [0.29, 0.717) is 0 Å². The molecule has 0 aliphatic carbocycles. The van der Waals surface area contributed by atoms with Crippen molar-refractivity contribution in [2.24, 2.45) is 0 Å². The summed E-state index contributed by atoms with van der Waals surface area (Å²) in [6.45, 7) is 1.86. The summed E-state index contributed by atoms with van der Waals surface area (Å²) in [6, 6.07) is 6.20. The lowest BCUT2D eigenvalue weighted by molar-refractivity contribution is 0.391. The molecule has 3 nitrogen and oxygen atoms in total. The highest BCUT2D eigenvalue weighted by Crippen LogP contribution is 2.28. The molecule has 3 heteroatoms. The second kappa shape index (κ2) is 7.62. The normalized spacial score (nSPS) is 11.3. The molecule has 1 aromatic rings. The molecule has 0 spiro atoms. The van der Waals surface area contributed by atoms with Crippen molar-refractivity contribution in [3.05, 3.63) is 23.8 Å². The van der Waals surface area contributed by atoms with Gasteiger partial charge in [0.1, 0.15) is 11.5 Å². The van der Waals surface area contributed by atoms with Crippen LogP contribution in [0.1, 0.15) is 31.4 Å². The Morgan fingerprint density at radius 2 is 1.78 bits per heavy atom. The molecule has 1 unspecified atom stereocenters. The molecule has 1 atom stereocenters. The van der Waals surface area contributed by atoms with Gasteiger partial charge in [-0.15, -0.1) is 11.8 Å². The van der Waals surface area contributed by atoms with Crippen LogP contribution in [-0.2, 0) is 0 Å². The van der Waals surface area contributed by atoms with Crippen LogP contribution in [0.4, 0.5) is 0 Å². The molecule has 0 bridgehead atoms. The minimum Gasteiger partial charge on any atom is -0.497 e. The zero-order valence-corrected chi connectivity index (χ0v) is 11.5. The summed E-state index contributed by atoms with van der Waals surface area (Å²) in [5.41, 5.74) is 1.16. The molecular formula is C15H21NO2. The monoisotopic (exact) mass is 247 g/mol. The van der Waals surface area contributed by atoms with Gasteiger partial charge in [0.2, 0.25) is 0 Å². The van der Waals surface area contributed by atoms with E-state index >= 15 is 0 Å². The third-order valence-electron chi connectivity index (χ3n) is 2.86. The molecule has 1 N–H and O–H groups in total. The number of methoxy groups -OCH3 is 2. The van der Waals surface area contributed by atoms with E-state index in [9.17, 15) is 0 Å². The lowest BCUT2D eigenvalue weighted by Gasteiger charge is -2.17. The van der Waals surface area contributed by atoms with Crippen molar-refractivity contribution < 1.29 is 9.47 Å². The maximum atomic E-state index is 5.28. The first-order valence-corrected chi connectivity index (χ1v) is 6.05. The van der Waals surface area contributed by atoms with Gasteiger partial charge in [0.15, 0.2) is 0 Å². The largest absolute Gasteiger partial charge is 0.497 e. The Hall–Kier alpha value is -1.66. The molecule has 18 heavy (non-hydrogen) atoms. The van der Waals surface area contributed by atoms with Crippen molar-refractivity contribution in [1.82, 2.24) is 5.32 Å². The molecule has 98 valence electrons. The van der Waals surface area contributed by atoms with E-state index in [1.54, 1.807) is 14.2 Å². The molecule has 0 aromatic heterocycles. The van der Waals surface area contributed by atoms with Gasteiger partial charge >= 0.3 is 0 Å². The first-order chi connectivity index (χ1) is 8.74. The average molecular weight is 247 g/mol. The summed E-state index contributed by atoms with van der Waals surface area (Å²) in [5.74, 6) is 7.63.